The molecule has 1 aromatic carbocycles. The van der Waals surface area contributed by atoms with Gasteiger partial charge in [-0.05, 0) is 38.4 Å². The third-order valence-electron chi connectivity index (χ3n) is 3.92. The lowest BCUT2D eigenvalue weighted by molar-refractivity contribution is 0.206. The molecule has 2 atom stereocenters. The maximum atomic E-state index is 3.77. The molecule has 2 heteroatoms. The van der Waals surface area contributed by atoms with Gasteiger partial charge in [-0.15, -0.1) is 0 Å². The number of hydrogen-bond donors (Lipinski definition) is 1. The number of benzene rings is 1. The lowest BCUT2D eigenvalue weighted by Crippen LogP contribution is -2.42. The SMILES string of the molecule is CN(C)C[C@@H]1CCCC[C@@H]1NCc1ccccc1. The van der Waals surface area contributed by atoms with E-state index >= 15 is 0 Å². The van der Waals surface area contributed by atoms with Crippen LogP contribution in [0.15, 0.2) is 30.3 Å². The topological polar surface area (TPSA) is 15.3 Å². The number of rotatable bonds is 5. The van der Waals surface area contributed by atoms with Gasteiger partial charge < -0.3 is 10.2 Å². The van der Waals surface area contributed by atoms with E-state index in [1.807, 2.05) is 0 Å². The first kappa shape index (κ1) is 13.6. The molecule has 0 saturated heterocycles. The Labute approximate surface area is 111 Å². The van der Waals surface area contributed by atoms with E-state index in [-0.39, 0.29) is 0 Å². The highest BCUT2D eigenvalue weighted by atomic mass is 15.1. The molecule has 0 heterocycles. The van der Waals surface area contributed by atoms with Crippen molar-refractivity contribution in [3.8, 4) is 0 Å². The van der Waals surface area contributed by atoms with Crippen molar-refractivity contribution in [3.63, 3.8) is 0 Å². The Hall–Kier alpha value is -0.860. The lowest BCUT2D eigenvalue weighted by atomic mass is 9.84. The third-order valence-corrected chi connectivity index (χ3v) is 3.92. The summed E-state index contributed by atoms with van der Waals surface area (Å²) < 4.78 is 0. The molecule has 1 aromatic rings. The second-order valence-electron chi connectivity index (χ2n) is 5.78. The average Bonchev–Trinajstić information content (AvgIpc) is 2.38. The largest absolute Gasteiger partial charge is 0.310 e. The normalized spacial score (nSPS) is 24.4. The molecule has 100 valence electrons. The molecule has 0 aromatic heterocycles. The molecule has 18 heavy (non-hydrogen) atoms. The zero-order valence-electron chi connectivity index (χ0n) is 11.7. The van der Waals surface area contributed by atoms with Crippen LogP contribution in [0.2, 0.25) is 0 Å². The van der Waals surface area contributed by atoms with Crippen molar-refractivity contribution in [2.75, 3.05) is 20.6 Å². The van der Waals surface area contributed by atoms with Crippen molar-refractivity contribution >= 4 is 0 Å². The van der Waals surface area contributed by atoms with Gasteiger partial charge in [-0.2, -0.15) is 0 Å². The molecule has 2 nitrogen and oxygen atoms in total. The van der Waals surface area contributed by atoms with Gasteiger partial charge in [0.15, 0.2) is 0 Å². The summed E-state index contributed by atoms with van der Waals surface area (Å²) in [6.45, 7) is 2.22. The van der Waals surface area contributed by atoms with Crippen LogP contribution < -0.4 is 5.32 Å². The molecule has 1 fully saturated rings. The Morgan fingerprint density at radius 3 is 2.56 bits per heavy atom. The summed E-state index contributed by atoms with van der Waals surface area (Å²) in [5.74, 6) is 0.817. The maximum Gasteiger partial charge on any atom is 0.0208 e. The van der Waals surface area contributed by atoms with Gasteiger partial charge in [0.05, 0.1) is 0 Å². The van der Waals surface area contributed by atoms with E-state index in [0.717, 1.165) is 12.5 Å². The fourth-order valence-electron chi connectivity index (χ4n) is 3.01. The summed E-state index contributed by atoms with van der Waals surface area (Å²) >= 11 is 0. The van der Waals surface area contributed by atoms with E-state index in [9.17, 15) is 0 Å². The van der Waals surface area contributed by atoms with Crippen molar-refractivity contribution in [1.82, 2.24) is 10.2 Å². The van der Waals surface area contributed by atoms with Crippen molar-refractivity contribution < 1.29 is 0 Å². The van der Waals surface area contributed by atoms with Crippen LogP contribution in [0.3, 0.4) is 0 Å². The molecule has 1 N–H and O–H groups in total. The first-order valence-electron chi connectivity index (χ1n) is 7.18. The predicted molar refractivity (Wildman–Crippen MR) is 77.6 cm³/mol. The predicted octanol–water partition coefficient (Wildman–Crippen LogP) is 2.90. The summed E-state index contributed by atoms with van der Waals surface area (Å²) in [5.41, 5.74) is 1.40. The summed E-state index contributed by atoms with van der Waals surface area (Å²) in [5, 5.41) is 3.77. The molecule has 1 saturated carbocycles. The molecule has 0 bridgehead atoms. The molecular weight excluding hydrogens is 220 g/mol. The Balaban J connectivity index is 1.85. The van der Waals surface area contributed by atoms with Gasteiger partial charge in [0.25, 0.3) is 0 Å². The second kappa shape index (κ2) is 6.91. The molecule has 0 unspecified atom stereocenters. The summed E-state index contributed by atoms with van der Waals surface area (Å²) in [7, 11) is 4.37. The fourth-order valence-corrected chi connectivity index (χ4v) is 3.01. The van der Waals surface area contributed by atoms with E-state index in [4.69, 9.17) is 0 Å². The first-order chi connectivity index (χ1) is 8.75. The minimum absolute atomic E-state index is 0.696. The zero-order valence-corrected chi connectivity index (χ0v) is 11.7. The first-order valence-corrected chi connectivity index (χ1v) is 7.18. The van der Waals surface area contributed by atoms with Crippen LogP contribution in [0.5, 0.6) is 0 Å². The molecule has 0 aliphatic heterocycles. The molecule has 0 radical (unpaired) electrons. The van der Waals surface area contributed by atoms with Crippen LogP contribution in [0.1, 0.15) is 31.2 Å². The minimum atomic E-state index is 0.696. The molecule has 2 rings (SSSR count). The quantitative estimate of drug-likeness (QED) is 0.859. The zero-order chi connectivity index (χ0) is 12.8. The van der Waals surface area contributed by atoms with E-state index in [0.29, 0.717) is 6.04 Å². The standard InChI is InChI=1S/C16H26N2/c1-18(2)13-15-10-6-7-11-16(15)17-12-14-8-4-3-5-9-14/h3-5,8-9,15-17H,6-7,10-13H2,1-2H3/t15-,16-/m0/s1. The maximum absolute atomic E-state index is 3.77. The van der Waals surface area contributed by atoms with Crippen LogP contribution in [0.25, 0.3) is 0 Å². The van der Waals surface area contributed by atoms with E-state index < -0.39 is 0 Å². The summed E-state index contributed by atoms with van der Waals surface area (Å²) in [6, 6.07) is 11.4. The van der Waals surface area contributed by atoms with Crippen molar-refractivity contribution in [2.45, 2.75) is 38.3 Å². The Morgan fingerprint density at radius 1 is 1.11 bits per heavy atom. The van der Waals surface area contributed by atoms with Gasteiger partial charge in [0, 0.05) is 19.1 Å². The summed E-state index contributed by atoms with van der Waals surface area (Å²) in [4.78, 5) is 2.33. The monoisotopic (exact) mass is 246 g/mol. The van der Waals surface area contributed by atoms with E-state index in [2.05, 4.69) is 54.6 Å². The van der Waals surface area contributed by atoms with Crippen LogP contribution in [0.4, 0.5) is 0 Å². The smallest absolute Gasteiger partial charge is 0.0208 e. The molecule has 0 spiro atoms. The Kier molecular flexibility index (Phi) is 5.21. The molecule has 1 aliphatic carbocycles. The lowest BCUT2D eigenvalue weighted by Gasteiger charge is -2.34. The number of nitrogens with one attached hydrogen (secondary N) is 1. The van der Waals surface area contributed by atoms with Gasteiger partial charge in [0.2, 0.25) is 0 Å². The second-order valence-corrected chi connectivity index (χ2v) is 5.78. The van der Waals surface area contributed by atoms with Gasteiger partial charge in [-0.1, -0.05) is 43.2 Å². The third kappa shape index (κ3) is 4.11. The minimum Gasteiger partial charge on any atom is -0.310 e. The number of nitrogens with zero attached hydrogens (tertiary/aromatic N) is 1. The number of hydrogen-bond acceptors (Lipinski definition) is 2. The molecule has 0 amide bonds. The van der Waals surface area contributed by atoms with Gasteiger partial charge in [-0.25, -0.2) is 0 Å². The van der Waals surface area contributed by atoms with Gasteiger partial charge in [0.1, 0.15) is 0 Å². The molecule has 1 aliphatic rings. The van der Waals surface area contributed by atoms with Gasteiger partial charge in [-0.3, -0.25) is 0 Å². The Bertz CT molecular complexity index is 334. The van der Waals surface area contributed by atoms with Crippen molar-refractivity contribution in [3.05, 3.63) is 35.9 Å². The average molecular weight is 246 g/mol. The highest BCUT2D eigenvalue weighted by Crippen LogP contribution is 2.25. The van der Waals surface area contributed by atoms with Crippen LogP contribution in [-0.4, -0.2) is 31.6 Å². The van der Waals surface area contributed by atoms with Crippen LogP contribution in [-0.2, 0) is 6.54 Å². The van der Waals surface area contributed by atoms with Crippen LogP contribution in [0, 0.1) is 5.92 Å². The Morgan fingerprint density at radius 2 is 1.83 bits per heavy atom. The van der Waals surface area contributed by atoms with Crippen LogP contribution >= 0.6 is 0 Å². The van der Waals surface area contributed by atoms with E-state index in [1.165, 1.54) is 37.8 Å². The fraction of sp³-hybridized carbons (Fsp3) is 0.625. The van der Waals surface area contributed by atoms with Crippen molar-refractivity contribution in [2.24, 2.45) is 5.92 Å². The highest BCUT2D eigenvalue weighted by Gasteiger charge is 2.24. The molecular formula is C16H26N2. The van der Waals surface area contributed by atoms with Crippen molar-refractivity contribution in [1.29, 1.82) is 0 Å². The van der Waals surface area contributed by atoms with Gasteiger partial charge >= 0.3 is 0 Å². The highest BCUT2D eigenvalue weighted by molar-refractivity contribution is 5.14. The van der Waals surface area contributed by atoms with E-state index in [1.54, 1.807) is 0 Å². The summed E-state index contributed by atoms with van der Waals surface area (Å²) in [6.07, 6.45) is 5.51.